The van der Waals surface area contributed by atoms with Crippen LogP contribution in [-0.4, -0.2) is 46.0 Å². The summed E-state index contributed by atoms with van der Waals surface area (Å²) in [6, 6.07) is 0.0550. The van der Waals surface area contributed by atoms with Gasteiger partial charge in [-0.15, -0.1) is 34.2 Å². The van der Waals surface area contributed by atoms with Crippen molar-refractivity contribution in [3.63, 3.8) is 0 Å². The van der Waals surface area contributed by atoms with Gasteiger partial charge in [0, 0.05) is 32.1 Å². The molecule has 2 aliphatic rings. The van der Waals surface area contributed by atoms with Crippen LogP contribution in [0.2, 0.25) is 0 Å². The van der Waals surface area contributed by atoms with E-state index in [1.165, 1.54) is 0 Å². The van der Waals surface area contributed by atoms with Gasteiger partial charge in [0.25, 0.3) is 0 Å². The smallest absolute Gasteiger partial charge is 0.357 e. The van der Waals surface area contributed by atoms with Gasteiger partial charge >= 0.3 is 6.18 Å². The lowest BCUT2D eigenvalue weighted by Gasteiger charge is -2.31. The molecule has 2 heterocycles. The minimum Gasteiger partial charge on any atom is -0.357 e. The summed E-state index contributed by atoms with van der Waals surface area (Å²) in [7, 11) is 0. The molecule has 1 atom stereocenters. The van der Waals surface area contributed by atoms with Crippen molar-refractivity contribution in [1.82, 2.24) is 25.4 Å². The van der Waals surface area contributed by atoms with Crippen LogP contribution in [0, 0.1) is 18.8 Å². The number of guanidine groups is 1. The first-order valence-corrected chi connectivity index (χ1v) is 9.87. The highest BCUT2D eigenvalue weighted by atomic mass is 127. The number of hydrogen-bond donors (Lipinski definition) is 2. The number of rotatable bonds is 4. The second kappa shape index (κ2) is 10.1. The van der Waals surface area contributed by atoms with Gasteiger partial charge in [-0.2, -0.15) is 13.2 Å². The zero-order chi connectivity index (χ0) is 19.4. The molecule has 1 saturated carbocycles. The van der Waals surface area contributed by atoms with Crippen LogP contribution in [0.4, 0.5) is 13.2 Å². The summed E-state index contributed by atoms with van der Waals surface area (Å²) < 4.78 is 40.6. The molecule has 0 spiro atoms. The van der Waals surface area contributed by atoms with Gasteiger partial charge < -0.3 is 15.2 Å². The molecule has 10 heteroatoms. The maximum Gasteiger partial charge on any atom is 0.391 e. The minimum atomic E-state index is -4.07. The lowest BCUT2D eigenvalue weighted by atomic mass is 9.85. The van der Waals surface area contributed by atoms with Crippen LogP contribution in [0.25, 0.3) is 0 Å². The molecule has 1 aliphatic heterocycles. The average Bonchev–Trinajstić information content (AvgIpc) is 3.00. The number of fused-ring (bicyclic) bond motifs is 1. The number of aliphatic imine (C=N–C) groups is 1. The lowest BCUT2D eigenvalue weighted by molar-refractivity contribution is -0.182. The number of hydrogen-bond acceptors (Lipinski definition) is 3. The molecule has 1 aromatic heterocycles. The van der Waals surface area contributed by atoms with Gasteiger partial charge in [0.1, 0.15) is 11.6 Å². The summed E-state index contributed by atoms with van der Waals surface area (Å²) in [5.41, 5.74) is 0. The Kier molecular flexibility index (Phi) is 8.38. The van der Waals surface area contributed by atoms with E-state index in [2.05, 4.69) is 25.4 Å². The molecule has 0 radical (unpaired) electrons. The molecule has 3 rings (SSSR count). The van der Waals surface area contributed by atoms with Crippen LogP contribution in [0.3, 0.4) is 0 Å². The quantitative estimate of drug-likeness (QED) is 0.367. The predicted molar refractivity (Wildman–Crippen MR) is 113 cm³/mol. The van der Waals surface area contributed by atoms with Crippen molar-refractivity contribution < 1.29 is 13.2 Å². The number of nitrogens with zero attached hydrogens (tertiary/aromatic N) is 4. The summed E-state index contributed by atoms with van der Waals surface area (Å²) in [5.74, 6) is 1.95. The van der Waals surface area contributed by atoms with Gasteiger partial charge in [-0.05, 0) is 51.9 Å². The van der Waals surface area contributed by atoms with Crippen LogP contribution in [-0.2, 0) is 13.0 Å². The predicted octanol–water partition coefficient (Wildman–Crippen LogP) is 3.44. The van der Waals surface area contributed by atoms with Crippen LogP contribution >= 0.6 is 24.0 Å². The van der Waals surface area contributed by atoms with Gasteiger partial charge in [0.15, 0.2) is 5.96 Å². The molecule has 1 aromatic rings. The van der Waals surface area contributed by atoms with E-state index in [1.54, 1.807) is 0 Å². The molecular weight excluding hydrogens is 484 g/mol. The third-order valence-corrected chi connectivity index (χ3v) is 5.61. The minimum absolute atomic E-state index is 0. The Labute approximate surface area is 181 Å². The van der Waals surface area contributed by atoms with Gasteiger partial charge in [-0.1, -0.05) is 0 Å². The van der Waals surface area contributed by atoms with Crippen molar-refractivity contribution in [3.8, 4) is 0 Å². The number of aryl methyl sites for hydroxylation is 2. The molecule has 6 nitrogen and oxygen atoms in total. The number of aromatic nitrogens is 3. The highest BCUT2D eigenvalue weighted by Gasteiger charge is 2.41. The van der Waals surface area contributed by atoms with E-state index in [1.807, 2.05) is 13.8 Å². The van der Waals surface area contributed by atoms with E-state index in [4.69, 9.17) is 4.99 Å². The van der Waals surface area contributed by atoms with Gasteiger partial charge in [-0.3, -0.25) is 4.99 Å². The van der Waals surface area contributed by atoms with Gasteiger partial charge in [0.2, 0.25) is 0 Å². The summed E-state index contributed by atoms with van der Waals surface area (Å²) in [5, 5.41) is 14.9. The van der Waals surface area contributed by atoms with E-state index in [0.29, 0.717) is 31.3 Å². The summed E-state index contributed by atoms with van der Waals surface area (Å²) in [6.45, 7) is 6.23. The number of alkyl halides is 3. The Morgan fingerprint density at radius 2 is 1.89 bits per heavy atom. The third kappa shape index (κ3) is 5.96. The highest BCUT2D eigenvalue weighted by molar-refractivity contribution is 14.0. The molecule has 0 saturated heterocycles. The van der Waals surface area contributed by atoms with Gasteiger partial charge in [0.05, 0.1) is 5.92 Å². The molecule has 0 amide bonds. The Hall–Kier alpha value is -1.07. The van der Waals surface area contributed by atoms with Crippen molar-refractivity contribution >= 4 is 29.9 Å². The topological polar surface area (TPSA) is 67.1 Å². The lowest BCUT2D eigenvalue weighted by Crippen LogP contribution is -2.46. The average molecular weight is 514 g/mol. The highest BCUT2D eigenvalue weighted by Crippen LogP contribution is 2.37. The SMILES string of the molecule is CCNC(=NCC1CCc2nnc(C)n2C1)NC1CCC(C(F)(F)F)CC1.I. The molecule has 1 aliphatic carbocycles. The van der Waals surface area contributed by atoms with Crippen molar-refractivity contribution in [3.05, 3.63) is 11.6 Å². The molecular formula is C18H30F3IN6. The zero-order valence-electron chi connectivity index (χ0n) is 16.4. The number of nitrogens with one attached hydrogen (secondary N) is 2. The number of halogens is 4. The fourth-order valence-electron chi connectivity index (χ4n) is 3.98. The second-order valence-corrected chi connectivity index (χ2v) is 7.63. The maximum absolute atomic E-state index is 12.8. The second-order valence-electron chi connectivity index (χ2n) is 7.63. The fourth-order valence-corrected chi connectivity index (χ4v) is 3.98. The summed E-state index contributed by atoms with van der Waals surface area (Å²) >= 11 is 0. The Balaban J connectivity index is 0.00000280. The Morgan fingerprint density at radius 3 is 2.54 bits per heavy atom. The van der Waals surface area contributed by atoms with Crippen LogP contribution in [0.1, 0.15) is 50.7 Å². The van der Waals surface area contributed by atoms with Crippen molar-refractivity contribution in [2.45, 2.75) is 71.1 Å². The first-order valence-electron chi connectivity index (χ1n) is 9.87. The van der Waals surface area contributed by atoms with E-state index >= 15 is 0 Å². The maximum atomic E-state index is 12.8. The van der Waals surface area contributed by atoms with Crippen molar-refractivity contribution in [1.29, 1.82) is 0 Å². The molecule has 1 unspecified atom stereocenters. The molecule has 1 fully saturated rings. The molecule has 2 N–H and O–H groups in total. The van der Waals surface area contributed by atoms with Crippen LogP contribution < -0.4 is 10.6 Å². The monoisotopic (exact) mass is 514 g/mol. The first kappa shape index (κ1) is 23.2. The van der Waals surface area contributed by atoms with E-state index in [9.17, 15) is 13.2 Å². The van der Waals surface area contributed by atoms with Crippen molar-refractivity contribution in [2.75, 3.05) is 13.1 Å². The zero-order valence-corrected chi connectivity index (χ0v) is 18.8. The molecule has 28 heavy (non-hydrogen) atoms. The van der Waals surface area contributed by atoms with Crippen LogP contribution in [0.15, 0.2) is 4.99 Å². The van der Waals surface area contributed by atoms with Crippen LogP contribution in [0.5, 0.6) is 0 Å². The van der Waals surface area contributed by atoms with Crippen molar-refractivity contribution in [2.24, 2.45) is 16.8 Å². The standard InChI is InChI=1S/C18H29F3N6.HI/c1-3-22-17(24-15-7-5-14(6-8-15)18(19,20)21)23-10-13-4-9-16-26-25-12(2)27(16)11-13;/h13-15H,3-11H2,1-2H3,(H2,22,23,24);1H. The summed E-state index contributed by atoms with van der Waals surface area (Å²) in [4.78, 5) is 4.70. The normalized spacial score (nSPS) is 25.6. The first-order chi connectivity index (χ1) is 12.9. The fraction of sp³-hybridized carbons (Fsp3) is 0.833. The van der Waals surface area contributed by atoms with E-state index in [-0.39, 0.29) is 42.9 Å². The largest absolute Gasteiger partial charge is 0.391 e. The summed E-state index contributed by atoms with van der Waals surface area (Å²) in [6.07, 6.45) is -0.686. The van der Waals surface area contributed by atoms with Gasteiger partial charge in [-0.25, -0.2) is 0 Å². The molecule has 160 valence electrons. The molecule has 0 bridgehead atoms. The molecule has 0 aromatic carbocycles. The van der Waals surface area contributed by atoms with E-state index < -0.39 is 12.1 Å². The Morgan fingerprint density at radius 1 is 1.18 bits per heavy atom. The van der Waals surface area contributed by atoms with E-state index in [0.717, 1.165) is 37.6 Å². The Bertz CT molecular complexity index is 652. The third-order valence-electron chi connectivity index (χ3n) is 5.61.